The quantitative estimate of drug-likeness (QED) is 0.741. The summed E-state index contributed by atoms with van der Waals surface area (Å²) >= 11 is 0. The fraction of sp³-hybridized carbons (Fsp3) is 0.333. The molecule has 0 spiro atoms. The summed E-state index contributed by atoms with van der Waals surface area (Å²) in [5.41, 5.74) is 2.07. The van der Waals surface area contributed by atoms with Crippen LogP contribution in [0.1, 0.15) is 25.3 Å². The molecule has 1 fully saturated rings. The normalized spacial score (nSPS) is 16.8. The van der Waals surface area contributed by atoms with Crippen molar-refractivity contribution in [1.82, 2.24) is 19.7 Å². The number of amides is 1. The number of piperidine rings is 1. The van der Waals surface area contributed by atoms with Gasteiger partial charge in [0.15, 0.2) is 5.82 Å². The summed E-state index contributed by atoms with van der Waals surface area (Å²) in [7, 11) is 0. The van der Waals surface area contributed by atoms with Crippen molar-refractivity contribution in [3.05, 3.63) is 60.7 Å². The molecule has 1 aliphatic rings. The standard InChI is InChI=1S/C21H24N6O/c1-2-16-7-3-4-9-18(16)25-21(28)17-8-5-11-26(14-17)19-13-20(23-15-22-19)27-12-6-10-24-27/h3-4,6-7,9-10,12-13,15,17H,2,5,8,11,14H2,1H3,(H,25,28). The van der Waals surface area contributed by atoms with Crippen molar-refractivity contribution in [2.45, 2.75) is 26.2 Å². The summed E-state index contributed by atoms with van der Waals surface area (Å²) in [6.45, 7) is 3.63. The summed E-state index contributed by atoms with van der Waals surface area (Å²) < 4.78 is 1.71. The number of nitrogens with zero attached hydrogens (tertiary/aromatic N) is 5. The Labute approximate surface area is 164 Å². The minimum atomic E-state index is -0.0678. The molecule has 1 atom stereocenters. The third-order valence-electron chi connectivity index (χ3n) is 5.15. The summed E-state index contributed by atoms with van der Waals surface area (Å²) in [5, 5.41) is 7.35. The number of carbonyl (C=O) groups is 1. The van der Waals surface area contributed by atoms with E-state index in [1.54, 1.807) is 17.2 Å². The zero-order chi connectivity index (χ0) is 19.3. The first-order valence-electron chi connectivity index (χ1n) is 9.70. The van der Waals surface area contributed by atoms with E-state index >= 15 is 0 Å². The molecular weight excluding hydrogens is 352 g/mol. The van der Waals surface area contributed by atoms with Gasteiger partial charge in [0.1, 0.15) is 12.1 Å². The largest absolute Gasteiger partial charge is 0.356 e. The van der Waals surface area contributed by atoms with E-state index in [-0.39, 0.29) is 11.8 Å². The predicted molar refractivity (Wildman–Crippen MR) is 109 cm³/mol. The monoisotopic (exact) mass is 376 g/mol. The van der Waals surface area contributed by atoms with Crippen molar-refractivity contribution in [2.75, 3.05) is 23.3 Å². The van der Waals surface area contributed by atoms with E-state index in [0.29, 0.717) is 6.54 Å². The molecule has 4 rings (SSSR count). The summed E-state index contributed by atoms with van der Waals surface area (Å²) in [5.74, 6) is 1.55. The Hall–Kier alpha value is -3.22. The lowest BCUT2D eigenvalue weighted by atomic mass is 9.96. The van der Waals surface area contributed by atoms with Crippen molar-refractivity contribution in [3.8, 4) is 5.82 Å². The highest BCUT2D eigenvalue weighted by Crippen LogP contribution is 2.24. The molecule has 1 aromatic carbocycles. The van der Waals surface area contributed by atoms with Gasteiger partial charge >= 0.3 is 0 Å². The van der Waals surface area contributed by atoms with Crippen LogP contribution in [0.2, 0.25) is 0 Å². The minimum Gasteiger partial charge on any atom is -0.356 e. The molecule has 1 unspecified atom stereocenters. The van der Waals surface area contributed by atoms with Crippen LogP contribution < -0.4 is 10.2 Å². The number of benzene rings is 1. The van der Waals surface area contributed by atoms with Crippen LogP contribution >= 0.6 is 0 Å². The molecule has 0 radical (unpaired) electrons. The van der Waals surface area contributed by atoms with E-state index in [0.717, 1.165) is 48.7 Å². The molecule has 1 amide bonds. The van der Waals surface area contributed by atoms with Gasteiger partial charge in [-0.05, 0) is 37.0 Å². The van der Waals surface area contributed by atoms with Gasteiger partial charge in [-0.15, -0.1) is 0 Å². The van der Waals surface area contributed by atoms with Gasteiger partial charge in [-0.1, -0.05) is 25.1 Å². The van der Waals surface area contributed by atoms with Gasteiger partial charge in [0.05, 0.1) is 5.92 Å². The van der Waals surface area contributed by atoms with Crippen LogP contribution in [0.15, 0.2) is 55.1 Å². The number of rotatable bonds is 5. The Kier molecular flexibility index (Phi) is 5.32. The highest BCUT2D eigenvalue weighted by Gasteiger charge is 2.27. The van der Waals surface area contributed by atoms with Crippen LogP contribution in [0, 0.1) is 5.92 Å². The van der Waals surface area contributed by atoms with Gasteiger partial charge in [-0.3, -0.25) is 4.79 Å². The third-order valence-corrected chi connectivity index (χ3v) is 5.15. The van der Waals surface area contributed by atoms with E-state index in [9.17, 15) is 4.79 Å². The number of hydrogen-bond donors (Lipinski definition) is 1. The average Bonchev–Trinajstić information content (AvgIpc) is 3.29. The lowest BCUT2D eigenvalue weighted by Gasteiger charge is -2.33. The Balaban J connectivity index is 1.47. The molecule has 28 heavy (non-hydrogen) atoms. The van der Waals surface area contributed by atoms with Gasteiger partial charge in [0.25, 0.3) is 0 Å². The molecule has 0 aliphatic carbocycles. The highest BCUT2D eigenvalue weighted by atomic mass is 16.1. The summed E-state index contributed by atoms with van der Waals surface area (Å²) in [4.78, 5) is 23.8. The van der Waals surface area contributed by atoms with Gasteiger partial charge in [-0.25, -0.2) is 14.6 Å². The molecule has 0 bridgehead atoms. The van der Waals surface area contributed by atoms with E-state index in [1.807, 2.05) is 36.5 Å². The SMILES string of the molecule is CCc1ccccc1NC(=O)C1CCCN(c2cc(-n3cccn3)ncn2)C1. The number of aryl methyl sites for hydroxylation is 1. The van der Waals surface area contributed by atoms with Crippen LogP contribution in [0.5, 0.6) is 0 Å². The molecule has 1 N–H and O–H groups in total. The van der Waals surface area contributed by atoms with Crippen molar-refractivity contribution >= 4 is 17.4 Å². The molecule has 0 saturated carbocycles. The molecule has 7 nitrogen and oxygen atoms in total. The number of para-hydroxylation sites is 1. The topological polar surface area (TPSA) is 75.9 Å². The first-order chi connectivity index (χ1) is 13.7. The van der Waals surface area contributed by atoms with Gasteiger partial charge < -0.3 is 10.2 Å². The van der Waals surface area contributed by atoms with E-state index in [2.05, 4.69) is 38.3 Å². The second-order valence-electron chi connectivity index (χ2n) is 6.97. The smallest absolute Gasteiger partial charge is 0.229 e. The van der Waals surface area contributed by atoms with Crippen LogP contribution in [-0.2, 0) is 11.2 Å². The molecule has 3 heterocycles. The lowest BCUT2D eigenvalue weighted by molar-refractivity contribution is -0.120. The number of hydrogen-bond acceptors (Lipinski definition) is 5. The number of anilines is 2. The minimum absolute atomic E-state index is 0.0678. The van der Waals surface area contributed by atoms with Gasteiger partial charge in [0.2, 0.25) is 5.91 Å². The number of nitrogens with one attached hydrogen (secondary N) is 1. The maximum Gasteiger partial charge on any atom is 0.229 e. The maximum atomic E-state index is 12.9. The average molecular weight is 376 g/mol. The van der Waals surface area contributed by atoms with Gasteiger partial charge in [-0.2, -0.15) is 5.10 Å². The Morgan fingerprint density at radius 1 is 1.21 bits per heavy atom. The van der Waals surface area contributed by atoms with Gasteiger partial charge in [0, 0.05) is 37.2 Å². The first-order valence-corrected chi connectivity index (χ1v) is 9.70. The van der Waals surface area contributed by atoms with Crippen LogP contribution in [-0.4, -0.2) is 38.7 Å². The van der Waals surface area contributed by atoms with Crippen molar-refractivity contribution in [2.24, 2.45) is 5.92 Å². The molecular formula is C21H24N6O. The second kappa shape index (κ2) is 8.21. The van der Waals surface area contributed by atoms with Crippen LogP contribution in [0.3, 0.4) is 0 Å². The van der Waals surface area contributed by atoms with Crippen LogP contribution in [0.4, 0.5) is 11.5 Å². The molecule has 1 aliphatic heterocycles. The zero-order valence-corrected chi connectivity index (χ0v) is 16.0. The second-order valence-corrected chi connectivity index (χ2v) is 6.97. The molecule has 7 heteroatoms. The van der Waals surface area contributed by atoms with Crippen molar-refractivity contribution in [3.63, 3.8) is 0 Å². The Morgan fingerprint density at radius 2 is 2.07 bits per heavy atom. The third kappa shape index (κ3) is 3.88. The number of carbonyl (C=O) groups excluding carboxylic acids is 1. The van der Waals surface area contributed by atoms with E-state index in [4.69, 9.17) is 0 Å². The van der Waals surface area contributed by atoms with E-state index in [1.165, 1.54) is 0 Å². The Morgan fingerprint density at radius 3 is 2.89 bits per heavy atom. The lowest BCUT2D eigenvalue weighted by Crippen LogP contribution is -2.41. The molecule has 144 valence electrons. The fourth-order valence-corrected chi connectivity index (χ4v) is 3.62. The molecule has 3 aromatic rings. The fourth-order valence-electron chi connectivity index (χ4n) is 3.62. The van der Waals surface area contributed by atoms with Crippen molar-refractivity contribution in [1.29, 1.82) is 0 Å². The maximum absolute atomic E-state index is 12.9. The number of aromatic nitrogens is 4. The van der Waals surface area contributed by atoms with E-state index < -0.39 is 0 Å². The summed E-state index contributed by atoms with van der Waals surface area (Å²) in [6, 6.07) is 11.8. The van der Waals surface area contributed by atoms with Crippen LogP contribution in [0.25, 0.3) is 5.82 Å². The van der Waals surface area contributed by atoms with Crippen molar-refractivity contribution < 1.29 is 4.79 Å². The predicted octanol–water partition coefficient (Wildman–Crippen LogP) is 3.08. The molecule has 1 saturated heterocycles. The first kappa shape index (κ1) is 18.2. The summed E-state index contributed by atoms with van der Waals surface area (Å²) in [6.07, 6.45) is 7.85. The molecule has 2 aromatic heterocycles. The Bertz CT molecular complexity index is 940. The highest BCUT2D eigenvalue weighted by molar-refractivity contribution is 5.93. The zero-order valence-electron chi connectivity index (χ0n) is 16.0.